The number of ether oxygens (including phenoxy) is 2. The number of benzene rings is 2. The van der Waals surface area contributed by atoms with Crippen LogP contribution in [0.2, 0.25) is 0 Å². The fourth-order valence-electron chi connectivity index (χ4n) is 1.80. The Morgan fingerprint density at radius 2 is 1.90 bits per heavy atom. The molecule has 0 spiro atoms. The smallest absolute Gasteiger partial charge is 0.166 e. The Bertz CT molecular complexity index is 692. The second-order valence-electron chi connectivity index (χ2n) is 4.48. The van der Waals surface area contributed by atoms with Crippen molar-refractivity contribution >= 4 is 0 Å². The summed E-state index contributed by atoms with van der Waals surface area (Å²) in [6.07, 6.45) is -0.754. The van der Waals surface area contributed by atoms with Gasteiger partial charge in [0.05, 0.1) is 24.8 Å². The summed E-state index contributed by atoms with van der Waals surface area (Å²) >= 11 is 0. The quantitative estimate of drug-likeness (QED) is 0.934. The number of halogens is 1. The Hall–Kier alpha value is -2.58. The summed E-state index contributed by atoms with van der Waals surface area (Å²) in [5.41, 5.74) is 0.813. The minimum Gasteiger partial charge on any atom is -0.497 e. The molecule has 4 nitrogen and oxygen atoms in total. The molecule has 0 radical (unpaired) electrons. The molecule has 2 rings (SSSR count). The topological polar surface area (TPSA) is 62.5 Å². The predicted molar refractivity (Wildman–Crippen MR) is 74.8 cm³/mol. The zero-order valence-corrected chi connectivity index (χ0v) is 11.6. The molecule has 0 aromatic heterocycles. The van der Waals surface area contributed by atoms with Gasteiger partial charge in [0.25, 0.3) is 0 Å². The van der Waals surface area contributed by atoms with Crippen LogP contribution < -0.4 is 9.47 Å². The van der Waals surface area contributed by atoms with Crippen LogP contribution in [0.4, 0.5) is 4.39 Å². The fourth-order valence-corrected chi connectivity index (χ4v) is 1.80. The molecule has 2 aromatic rings. The molecule has 0 aliphatic carbocycles. The Kier molecular flexibility index (Phi) is 4.41. The third-order valence-electron chi connectivity index (χ3n) is 2.91. The standard InChI is InChI=1S/C16H14FNO3/c1-10(19)12-3-4-16(15(17)7-12)21-14-6-11(9-18)5-13(8-14)20-2/h3-8,10,19H,1-2H3. The molecule has 0 saturated heterocycles. The number of nitrogens with zero attached hydrogens (tertiary/aromatic N) is 1. The van der Waals surface area contributed by atoms with E-state index in [4.69, 9.17) is 14.7 Å². The highest BCUT2D eigenvalue weighted by molar-refractivity contribution is 5.45. The summed E-state index contributed by atoms with van der Waals surface area (Å²) in [5, 5.41) is 18.3. The SMILES string of the molecule is COc1cc(C#N)cc(Oc2ccc(C(C)O)cc2F)c1. The van der Waals surface area contributed by atoms with Crippen molar-refractivity contribution in [2.75, 3.05) is 7.11 Å². The van der Waals surface area contributed by atoms with Gasteiger partial charge in [0, 0.05) is 6.07 Å². The minimum atomic E-state index is -0.754. The third-order valence-corrected chi connectivity index (χ3v) is 2.91. The molecule has 21 heavy (non-hydrogen) atoms. The van der Waals surface area contributed by atoms with E-state index in [1.807, 2.05) is 6.07 Å². The number of methoxy groups -OCH3 is 1. The van der Waals surface area contributed by atoms with Crippen molar-refractivity contribution < 1.29 is 19.0 Å². The summed E-state index contributed by atoms with van der Waals surface area (Å²) in [6, 6.07) is 10.8. The van der Waals surface area contributed by atoms with Crippen LogP contribution in [0.15, 0.2) is 36.4 Å². The first-order valence-electron chi connectivity index (χ1n) is 6.28. The summed E-state index contributed by atoms with van der Waals surface area (Å²) in [7, 11) is 1.47. The average Bonchev–Trinajstić information content (AvgIpc) is 2.48. The molecule has 0 fully saturated rings. The van der Waals surface area contributed by atoms with Crippen LogP contribution in [0.1, 0.15) is 24.2 Å². The first-order chi connectivity index (χ1) is 10.0. The van der Waals surface area contributed by atoms with Crippen molar-refractivity contribution in [3.05, 3.63) is 53.3 Å². The highest BCUT2D eigenvalue weighted by Crippen LogP contribution is 2.30. The van der Waals surface area contributed by atoms with E-state index >= 15 is 0 Å². The molecule has 0 saturated carbocycles. The maximum absolute atomic E-state index is 13.9. The zero-order chi connectivity index (χ0) is 15.4. The van der Waals surface area contributed by atoms with E-state index in [0.29, 0.717) is 22.6 Å². The van der Waals surface area contributed by atoms with Crippen molar-refractivity contribution in [2.45, 2.75) is 13.0 Å². The van der Waals surface area contributed by atoms with Gasteiger partial charge in [0.2, 0.25) is 0 Å². The number of hydrogen-bond donors (Lipinski definition) is 1. The Morgan fingerprint density at radius 3 is 2.48 bits per heavy atom. The van der Waals surface area contributed by atoms with E-state index in [1.165, 1.54) is 25.3 Å². The Morgan fingerprint density at radius 1 is 1.19 bits per heavy atom. The van der Waals surface area contributed by atoms with Crippen LogP contribution in [0.3, 0.4) is 0 Å². The molecule has 0 heterocycles. The van der Waals surface area contributed by atoms with E-state index in [-0.39, 0.29) is 5.75 Å². The maximum Gasteiger partial charge on any atom is 0.166 e. The molecule has 0 aliphatic rings. The van der Waals surface area contributed by atoms with Crippen molar-refractivity contribution in [2.24, 2.45) is 0 Å². The Balaban J connectivity index is 2.32. The lowest BCUT2D eigenvalue weighted by molar-refractivity contribution is 0.198. The van der Waals surface area contributed by atoms with Crippen molar-refractivity contribution in [1.82, 2.24) is 0 Å². The van der Waals surface area contributed by atoms with Crippen LogP contribution in [0.5, 0.6) is 17.2 Å². The van der Waals surface area contributed by atoms with Crippen molar-refractivity contribution in [1.29, 1.82) is 5.26 Å². The van der Waals surface area contributed by atoms with E-state index in [2.05, 4.69) is 0 Å². The highest BCUT2D eigenvalue weighted by atomic mass is 19.1. The van der Waals surface area contributed by atoms with Gasteiger partial charge in [-0.3, -0.25) is 0 Å². The van der Waals surface area contributed by atoms with E-state index in [0.717, 1.165) is 0 Å². The molecule has 0 amide bonds. The van der Waals surface area contributed by atoms with Gasteiger partial charge in [-0.15, -0.1) is 0 Å². The van der Waals surface area contributed by atoms with Gasteiger partial charge in [0.1, 0.15) is 11.5 Å². The van der Waals surface area contributed by atoms with Gasteiger partial charge < -0.3 is 14.6 Å². The van der Waals surface area contributed by atoms with Crippen LogP contribution >= 0.6 is 0 Å². The molecule has 2 aromatic carbocycles. The number of aliphatic hydroxyl groups is 1. The lowest BCUT2D eigenvalue weighted by Gasteiger charge is -2.11. The van der Waals surface area contributed by atoms with Crippen molar-refractivity contribution in [3.8, 4) is 23.3 Å². The molecule has 1 atom stereocenters. The van der Waals surface area contributed by atoms with Crippen LogP contribution in [-0.2, 0) is 0 Å². The second-order valence-corrected chi connectivity index (χ2v) is 4.48. The van der Waals surface area contributed by atoms with Gasteiger partial charge in [0.15, 0.2) is 11.6 Å². The predicted octanol–water partition coefficient (Wildman–Crippen LogP) is 3.55. The van der Waals surface area contributed by atoms with Crippen LogP contribution in [0, 0.1) is 17.1 Å². The molecule has 1 unspecified atom stereocenters. The lowest BCUT2D eigenvalue weighted by Crippen LogP contribution is -1.95. The molecule has 5 heteroatoms. The summed E-state index contributed by atoms with van der Waals surface area (Å²) in [5.74, 6) is 0.172. The molecular formula is C16H14FNO3. The number of nitriles is 1. The number of hydrogen-bond acceptors (Lipinski definition) is 4. The second kappa shape index (κ2) is 6.25. The Labute approximate surface area is 122 Å². The maximum atomic E-state index is 13.9. The largest absolute Gasteiger partial charge is 0.497 e. The fraction of sp³-hybridized carbons (Fsp3) is 0.188. The molecule has 1 N–H and O–H groups in total. The summed E-state index contributed by atoms with van der Waals surface area (Å²) < 4.78 is 24.4. The summed E-state index contributed by atoms with van der Waals surface area (Å²) in [4.78, 5) is 0. The monoisotopic (exact) mass is 287 g/mol. The average molecular weight is 287 g/mol. The van der Waals surface area contributed by atoms with E-state index in [9.17, 15) is 9.50 Å². The van der Waals surface area contributed by atoms with Gasteiger partial charge in [-0.05, 0) is 36.8 Å². The summed E-state index contributed by atoms with van der Waals surface area (Å²) in [6.45, 7) is 1.55. The highest BCUT2D eigenvalue weighted by Gasteiger charge is 2.10. The molecule has 0 bridgehead atoms. The lowest BCUT2D eigenvalue weighted by atomic mass is 10.1. The van der Waals surface area contributed by atoms with E-state index in [1.54, 1.807) is 25.1 Å². The normalized spacial score (nSPS) is 11.6. The van der Waals surface area contributed by atoms with Gasteiger partial charge in [-0.25, -0.2) is 4.39 Å². The van der Waals surface area contributed by atoms with Gasteiger partial charge in [-0.1, -0.05) is 6.07 Å². The van der Waals surface area contributed by atoms with Gasteiger partial charge in [-0.2, -0.15) is 5.26 Å². The minimum absolute atomic E-state index is 0.0107. The van der Waals surface area contributed by atoms with E-state index < -0.39 is 11.9 Å². The molecule has 0 aliphatic heterocycles. The third kappa shape index (κ3) is 3.50. The molecule has 108 valence electrons. The zero-order valence-electron chi connectivity index (χ0n) is 11.6. The van der Waals surface area contributed by atoms with Crippen LogP contribution in [0.25, 0.3) is 0 Å². The first kappa shape index (κ1) is 14.8. The first-order valence-corrected chi connectivity index (χ1v) is 6.28. The van der Waals surface area contributed by atoms with Crippen LogP contribution in [-0.4, -0.2) is 12.2 Å². The van der Waals surface area contributed by atoms with Crippen molar-refractivity contribution in [3.63, 3.8) is 0 Å². The number of rotatable bonds is 4. The molecular weight excluding hydrogens is 273 g/mol. The number of aliphatic hydroxyl groups excluding tert-OH is 1. The van der Waals surface area contributed by atoms with Gasteiger partial charge >= 0.3 is 0 Å².